The SMILES string of the molecule is COc1ccc(NC(=O)c2nnc3n2C[C@@H]2CN(Cc4ccncc4)C[C@@H]2C3)cc1. The highest BCUT2D eigenvalue weighted by atomic mass is 16.5. The summed E-state index contributed by atoms with van der Waals surface area (Å²) < 4.78 is 7.16. The molecular weight excluding hydrogens is 380 g/mol. The van der Waals surface area contributed by atoms with Crippen LogP contribution >= 0.6 is 0 Å². The number of carbonyl (C=O) groups excluding carboxylic acids is 1. The number of nitrogens with zero attached hydrogens (tertiary/aromatic N) is 5. The molecule has 0 bridgehead atoms. The zero-order valence-electron chi connectivity index (χ0n) is 16.9. The van der Waals surface area contributed by atoms with Crippen molar-refractivity contribution in [3.8, 4) is 5.75 Å². The lowest BCUT2D eigenvalue weighted by atomic mass is 9.89. The van der Waals surface area contributed by atoms with Crippen LogP contribution in [-0.2, 0) is 19.5 Å². The Morgan fingerprint density at radius 3 is 2.60 bits per heavy atom. The molecule has 2 aliphatic heterocycles. The van der Waals surface area contributed by atoms with Gasteiger partial charge in [0.15, 0.2) is 0 Å². The van der Waals surface area contributed by atoms with Crippen molar-refractivity contribution in [2.24, 2.45) is 11.8 Å². The predicted octanol–water partition coefficient (Wildman–Crippen LogP) is 2.24. The number of hydrogen-bond donors (Lipinski definition) is 1. The lowest BCUT2D eigenvalue weighted by Gasteiger charge is -2.25. The van der Waals surface area contributed by atoms with Crippen LogP contribution in [0.5, 0.6) is 5.75 Å². The maximum Gasteiger partial charge on any atom is 0.293 e. The molecule has 1 fully saturated rings. The summed E-state index contributed by atoms with van der Waals surface area (Å²) in [5.74, 6) is 2.86. The Labute approximate surface area is 174 Å². The van der Waals surface area contributed by atoms with E-state index in [0.29, 0.717) is 23.3 Å². The minimum Gasteiger partial charge on any atom is -0.497 e. The van der Waals surface area contributed by atoms with Crippen molar-refractivity contribution in [3.63, 3.8) is 0 Å². The summed E-state index contributed by atoms with van der Waals surface area (Å²) in [4.78, 5) is 19.4. The van der Waals surface area contributed by atoms with Crippen LogP contribution in [0.25, 0.3) is 0 Å². The molecule has 4 heterocycles. The number of ether oxygens (including phenoxy) is 1. The molecule has 8 nitrogen and oxygen atoms in total. The van der Waals surface area contributed by atoms with Gasteiger partial charge in [0, 0.05) is 50.7 Å². The van der Waals surface area contributed by atoms with Gasteiger partial charge in [0.05, 0.1) is 7.11 Å². The number of methoxy groups -OCH3 is 1. The van der Waals surface area contributed by atoms with E-state index in [-0.39, 0.29) is 5.91 Å². The van der Waals surface area contributed by atoms with Crippen molar-refractivity contribution < 1.29 is 9.53 Å². The fourth-order valence-electron chi connectivity index (χ4n) is 4.53. The van der Waals surface area contributed by atoms with Crippen LogP contribution < -0.4 is 10.1 Å². The van der Waals surface area contributed by atoms with Crippen LogP contribution in [0, 0.1) is 11.8 Å². The van der Waals surface area contributed by atoms with E-state index >= 15 is 0 Å². The number of rotatable bonds is 5. The molecule has 1 N–H and O–H groups in total. The molecule has 2 aromatic heterocycles. The number of carbonyl (C=O) groups is 1. The Bertz CT molecular complexity index is 1030. The summed E-state index contributed by atoms with van der Waals surface area (Å²) in [7, 11) is 1.62. The van der Waals surface area contributed by atoms with Gasteiger partial charge in [-0.2, -0.15) is 0 Å². The van der Waals surface area contributed by atoms with E-state index < -0.39 is 0 Å². The van der Waals surface area contributed by atoms with Gasteiger partial charge in [0.2, 0.25) is 5.82 Å². The van der Waals surface area contributed by atoms with Crippen molar-refractivity contribution in [2.45, 2.75) is 19.5 Å². The van der Waals surface area contributed by atoms with Gasteiger partial charge in [0.25, 0.3) is 5.91 Å². The van der Waals surface area contributed by atoms with Crippen LogP contribution in [-0.4, -0.2) is 50.8 Å². The highest BCUT2D eigenvalue weighted by Gasteiger charge is 2.39. The Balaban J connectivity index is 1.26. The maximum atomic E-state index is 12.8. The number of aromatic nitrogens is 4. The number of anilines is 1. The molecule has 1 amide bonds. The highest BCUT2D eigenvalue weighted by molar-refractivity contribution is 6.01. The summed E-state index contributed by atoms with van der Waals surface area (Å²) in [5, 5.41) is 11.4. The van der Waals surface area contributed by atoms with Crippen molar-refractivity contribution in [1.29, 1.82) is 0 Å². The Hall–Kier alpha value is -3.26. The van der Waals surface area contributed by atoms with Crippen molar-refractivity contribution >= 4 is 11.6 Å². The lowest BCUT2D eigenvalue weighted by molar-refractivity contribution is 0.100. The van der Waals surface area contributed by atoms with E-state index in [1.54, 1.807) is 7.11 Å². The second-order valence-corrected chi connectivity index (χ2v) is 8.01. The molecule has 8 heteroatoms. The standard InChI is InChI=1S/C22H24N6O2/c1-30-19-4-2-18(3-5-19)24-22(29)21-26-25-20-10-16-12-27(13-17(16)14-28(20)21)11-15-6-8-23-9-7-15/h2-9,16-17H,10-14H2,1H3,(H,24,29)/t16-,17-/m0/s1. The second kappa shape index (κ2) is 7.87. The molecule has 0 radical (unpaired) electrons. The first-order valence-corrected chi connectivity index (χ1v) is 10.2. The molecule has 0 unspecified atom stereocenters. The lowest BCUT2D eigenvalue weighted by Crippen LogP contribution is -2.31. The van der Waals surface area contributed by atoms with E-state index in [9.17, 15) is 4.79 Å². The number of pyridine rings is 1. The number of fused-ring (bicyclic) bond motifs is 2. The van der Waals surface area contributed by atoms with Crippen LogP contribution in [0.3, 0.4) is 0 Å². The molecule has 154 valence electrons. The van der Waals surface area contributed by atoms with Crippen molar-refractivity contribution in [1.82, 2.24) is 24.6 Å². The summed E-state index contributed by atoms with van der Waals surface area (Å²) in [6.07, 6.45) is 4.54. The van der Waals surface area contributed by atoms with Crippen molar-refractivity contribution in [2.75, 3.05) is 25.5 Å². The third-order valence-corrected chi connectivity index (χ3v) is 6.05. The molecule has 0 aliphatic carbocycles. The number of nitrogens with one attached hydrogen (secondary N) is 1. The molecule has 30 heavy (non-hydrogen) atoms. The summed E-state index contributed by atoms with van der Waals surface area (Å²) >= 11 is 0. The monoisotopic (exact) mass is 404 g/mol. The molecular formula is C22H24N6O2. The van der Waals surface area contributed by atoms with Gasteiger partial charge in [-0.1, -0.05) is 0 Å². The highest BCUT2D eigenvalue weighted by Crippen LogP contribution is 2.33. The number of amides is 1. The van der Waals surface area contributed by atoms with Crippen LogP contribution in [0.15, 0.2) is 48.8 Å². The molecule has 2 atom stereocenters. The maximum absolute atomic E-state index is 12.8. The van der Waals surface area contributed by atoms with Crippen molar-refractivity contribution in [3.05, 3.63) is 66.0 Å². The topological polar surface area (TPSA) is 85.2 Å². The molecule has 0 spiro atoms. The zero-order valence-corrected chi connectivity index (χ0v) is 16.9. The summed E-state index contributed by atoms with van der Waals surface area (Å²) in [6.45, 7) is 3.78. The summed E-state index contributed by atoms with van der Waals surface area (Å²) in [6, 6.07) is 11.4. The summed E-state index contributed by atoms with van der Waals surface area (Å²) in [5.41, 5.74) is 1.99. The van der Waals surface area contributed by atoms with Gasteiger partial charge in [-0.15, -0.1) is 10.2 Å². The van der Waals surface area contributed by atoms with E-state index in [1.165, 1.54) is 5.56 Å². The quantitative estimate of drug-likeness (QED) is 0.702. The van der Waals surface area contributed by atoms with E-state index in [2.05, 4.69) is 37.5 Å². The third-order valence-electron chi connectivity index (χ3n) is 6.05. The zero-order chi connectivity index (χ0) is 20.5. The van der Waals surface area contributed by atoms with E-state index in [1.807, 2.05) is 41.2 Å². The number of hydrogen-bond acceptors (Lipinski definition) is 6. The molecule has 5 rings (SSSR count). The largest absolute Gasteiger partial charge is 0.497 e. The Morgan fingerprint density at radius 2 is 1.83 bits per heavy atom. The van der Waals surface area contributed by atoms with Gasteiger partial charge >= 0.3 is 0 Å². The minimum atomic E-state index is -0.232. The average Bonchev–Trinajstić information content (AvgIpc) is 3.35. The van der Waals surface area contributed by atoms with Crippen LogP contribution in [0.2, 0.25) is 0 Å². The molecule has 2 aliphatic rings. The van der Waals surface area contributed by atoms with E-state index in [0.717, 1.165) is 44.2 Å². The Kier molecular flexibility index (Phi) is 4.92. The smallest absolute Gasteiger partial charge is 0.293 e. The van der Waals surface area contributed by atoms with E-state index in [4.69, 9.17) is 4.74 Å². The van der Waals surface area contributed by atoms with Gasteiger partial charge in [-0.3, -0.25) is 14.7 Å². The fraction of sp³-hybridized carbons (Fsp3) is 0.364. The van der Waals surface area contributed by atoms with Gasteiger partial charge in [-0.05, 0) is 53.8 Å². The first kappa shape index (κ1) is 18.7. The number of benzene rings is 1. The molecule has 1 saturated heterocycles. The molecule has 0 saturated carbocycles. The first-order valence-electron chi connectivity index (χ1n) is 10.2. The van der Waals surface area contributed by atoms with Gasteiger partial charge in [0.1, 0.15) is 11.6 Å². The van der Waals surface area contributed by atoms with Gasteiger partial charge < -0.3 is 14.6 Å². The van der Waals surface area contributed by atoms with Gasteiger partial charge in [-0.25, -0.2) is 0 Å². The minimum absolute atomic E-state index is 0.232. The Morgan fingerprint density at radius 1 is 1.07 bits per heavy atom. The normalized spacial score (nSPS) is 20.4. The molecule has 3 aromatic rings. The second-order valence-electron chi connectivity index (χ2n) is 8.01. The van der Waals surface area contributed by atoms with Crippen LogP contribution in [0.1, 0.15) is 22.0 Å². The number of likely N-dealkylation sites (tertiary alicyclic amines) is 1. The first-order chi connectivity index (χ1) is 14.7. The fourth-order valence-corrected chi connectivity index (χ4v) is 4.53. The molecule has 1 aromatic carbocycles. The third kappa shape index (κ3) is 3.66. The van der Waals surface area contributed by atoms with Crippen LogP contribution in [0.4, 0.5) is 5.69 Å². The predicted molar refractivity (Wildman–Crippen MR) is 111 cm³/mol. The average molecular weight is 404 g/mol.